The van der Waals surface area contributed by atoms with E-state index in [1.54, 1.807) is 4.90 Å². The summed E-state index contributed by atoms with van der Waals surface area (Å²) in [6.07, 6.45) is 0.858. The van der Waals surface area contributed by atoms with E-state index in [0.717, 1.165) is 12.0 Å². The average Bonchev–Trinajstić information content (AvgIpc) is 2.60. The molecule has 25 heavy (non-hydrogen) atoms. The fourth-order valence-electron chi connectivity index (χ4n) is 2.63. The lowest BCUT2D eigenvalue weighted by atomic mass is 10.1. The Morgan fingerprint density at radius 2 is 1.56 bits per heavy atom. The normalized spacial score (nSPS) is 12.7. The van der Waals surface area contributed by atoms with Crippen LogP contribution in [0, 0.1) is 0 Å². The summed E-state index contributed by atoms with van der Waals surface area (Å²) >= 11 is 0. The smallest absolute Gasteiger partial charge is 0.357 e. The molecule has 0 heterocycles. The summed E-state index contributed by atoms with van der Waals surface area (Å²) in [7, 11) is -3.24. The Hall–Kier alpha value is -1.41. The highest BCUT2D eigenvalue weighted by Crippen LogP contribution is 2.21. The predicted octanol–water partition coefficient (Wildman–Crippen LogP) is 3.71. The average molecular weight is 369 g/mol. The Labute approximate surface area is 152 Å². The molecule has 0 saturated heterocycles. The third-order valence-corrected chi connectivity index (χ3v) is 6.26. The molecular weight excluding hydrogens is 336 g/mol. The van der Waals surface area contributed by atoms with E-state index in [4.69, 9.17) is 13.3 Å². The minimum Gasteiger partial charge on any atom is -0.357 e. The molecule has 1 aromatic rings. The monoisotopic (exact) mass is 368 g/mol. The summed E-state index contributed by atoms with van der Waals surface area (Å²) in [6, 6.07) is 9.70. The molecule has 0 aliphatic heterocycles. The second-order valence-electron chi connectivity index (χ2n) is 5.57. The van der Waals surface area contributed by atoms with Gasteiger partial charge in [-0.3, -0.25) is 4.98 Å². The van der Waals surface area contributed by atoms with E-state index in [0.29, 0.717) is 26.4 Å². The highest BCUT2D eigenvalue weighted by molar-refractivity contribution is 6.60. The molecule has 0 fully saturated rings. The first kappa shape index (κ1) is 21.6. The first-order valence-electron chi connectivity index (χ1n) is 9.09. The van der Waals surface area contributed by atoms with E-state index < -0.39 is 8.97 Å². The van der Waals surface area contributed by atoms with Crippen molar-refractivity contribution in [1.82, 2.24) is 9.88 Å². The van der Waals surface area contributed by atoms with Gasteiger partial charge in [0.05, 0.1) is 6.04 Å². The van der Waals surface area contributed by atoms with Crippen LogP contribution in [-0.4, -0.2) is 46.3 Å². The second kappa shape index (κ2) is 11.3. The molecule has 1 N–H and O–H groups in total. The molecule has 0 saturated carbocycles. The van der Waals surface area contributed by atoms with Crippen LogP contribution >= 0.6 is 0 Å². The molecule has 1 aromatic carbocycles. The lowest BCUT2D eigenvalue weighted by molar-refractivity contribution is 0.0599. The molecule has 2 amide bonds. The number of nitrogens with one attached hydrogen (secondary N) is 1. The van der Waals surface area contributed by atoms with Crippen LogP contribution < -0.4 is 4.98 Å². The zero-order valence-corrected chi connectivity index (χ0v) is 17.1. The number of hydrogen-bond donors (Lipinski definition) is 1. The molecular formula is C18H32N2O4Si. The van der Waals surface area contributed by atoms with Crippen LogP contribution in [0.2, 0.25) is 0 Å². The third-order valence-electron chi connectivity index (χ3n) is 3.74. The van der Waals surface area contributed by atoms with Gasteiger partial charge in [-0.2, -0.15) is 0 Å². The van der Waals surface area contributed by atoms with E-state index in [1.165, 1.54) is 0 Å². The summed E-state index contributed by atoms with van der Waals surface area (Å²) in [4.78, 5) is 17.7. The first-order valence-corrected chi connectivity index (χ1v) is 10.8. The summed E-state index contributed by atoms with van der Waals surface area (Å²) in [5, 5.41) is 0. The Morgan fingerprint density at radius 1 is 1.04 bits per heavy atom. The van der Waals surface area contributed by atoms with Gasteiger partial charge < -0.3 is 18.2 Å². The number of rotatable bonds is 11. The zero-order valence-electron chi connectivity index (χ0n) is 16.1. The van der Waals surface area contributed by atoms with Crippen LogP contribution in [0.1, 0.15) is 52.6 Å². The number of urea groups is 1. The minimum atomic E-state index is -3.24. The molecule has 0 radical (unpaired) electrons. The lowest BCUT2D eigenvalue weighted by Crippen LogP contribution is -2.63. The molecule has 1 unspecified atom stereocenters. The standard InChI is InChI=1S/C18H32N2O4Si/c1-6-15-20(16(5)17-13-11-10-12-14-17)18(21)19-25(22-7-2,23-8-3)24-9-4/h10-14,16H,6-9,15H2,1-5H3,(H,19,21). The molecule has 0 aromatic heterocycles. The van der Waals surface area contributed by atoms with Gasteiger partial charge in [0.15, 0.2) is 0 Å². The van der Waals surface area contributed by atoms with Crippen LogP contribution in [0.4, 0.5) is 4.79 Å². The van der Waals surface area contributed by atoms with Gasteiger partial charge in [0.25, 0.3) is 0 Å². The van der Waals surface area contributed by atoms with Crippen molar-refractivity contribution < 1.29 is 18.1 Å². The Morgan fingerprint density at radius 3 is 2.00 bits per heavy atom. The van der Waals surface area contributed by atoms with Crippen molar-refractivity contribution in [1.29, 1.82) is 0 Å². The SMILES string of the molecule is CCCN(C(=O)N[Si](OCC)(OCC)OCC)C(C)c1ccccc1. The Bertz CT molecular complexity index is 484. The number of hydrogen-bond acceptors (Lipinski definition) is 4. The van der Waals surface area contributed by atoms with Crippen molar-refractivity contribution in [2.24, 2.45) is 0 Å². The maximum atomic E-state index is 13.0. The fraction of sp³-hybridized carbons (Fsp3) is 0.611. The summed E-state index contributed by atoms with van der Waals surface area (Å²) in [5.41, 5.74) is 1.09. The molecule has 142 valence electrons. The van der Waals surface area contributed by atoms with Gasteiger partial charge in [0.2, 0.25) is 0 Å². The summed E-state index contributed by atoms with van der Waals surface area (Å²) in [5.74, 6) is 0. The van der Waals surface area contributed by atoms with Crippen molar-refractivity contribution in [3.63, 3.8) is 0 Å². The van der Waals surface area contributed by atoms with Gasteiger partial charge >= 0.3 is 15.0 Å². The predicted molar refractivity (Wildman–Crippen MR) is 101 cm³/mol. The number of carbonyl (C=O) groups excluding carboxylic acids is 1. The number of nitrogens with zero attached hydrogens (tertiary/aromatic N) is 1. The summed E-state index contributed by atoms with van der Waals surface area (Å²) in [6.45, 7) is 11.5. The van der Waals surface area contributed by atoms with Gasteiger partial charge in [-0.1, -0.05) is 37.3 Å². The maximum Gasteiger partial charge on any atom is 0.634 e. The molecule has 0 bridgehead atoms. The highest BCUT2D eigenvalue weighted by Gasteiger charge is 2.45. The molecule has 7 heteroatoms. The lowest BCUT2D eigenvalue weighted by Gasteiger charge is -2.34. The van der Waals surface area contributed by atoms with Gasteiger partial charge in [0, 0.05) is 26.4 Å². The van der Waals surface area contributed by atoms with Crippen LogP contribution in [0.5, 0.6) is 0 Å². The topological polar surface area (TPSA) is 60.0 Å². The van der Waals surface area contributed by atoms with Crippen LogP contribution in [0.15, 0.2) is 30.3 Å². The minimum absolute atomic E-state index is 0.0577. The summed E-state index contributed by atoms with van der Waals surface area (Å²) < 4.78 is 17.2. The maximum absolute atomic E-state index is 13.0. The number of benzene rings is 1. The first-order chi connectivity index (χ1) is 12.0. The molecule has 1 rings (SSSR count). The van der Waals surface area contributed by atoms with Crippen molar-refractivity contribution in [2.75, 3.05) is 26.4 Å². The Balaban J connectivity index is 2.99. The van der Waals surface area contributed by atoms with E-state index in [9.17, 15) is 4.79 Å². The van der Waals surface area contributed by atoms with E-state index >= 15 is 0 Å². The molecule has 0 spiro atoms. The van der Waals surface area contributed by atoms with Crippen LogP contribution in [-0.2, 0) is 13.3 Å². The quantitative estimate of drug-likeness (QED) is 0.605. The van der Waals surface area contributed by atoms with Crippen molar-refractivity contribution in [2.45, 2.75) is 47.1 Å². The van der Waals surface area contributed by atoms with E-state index in [1.807, 2.05) is 58.0 Å². The second-order valence-corrected chi connectivity index (χ2v) is 7.79. The van der Waals surface area contributed by atoms with Gasteiger partial charge in [-0.15, -0.1) is 0 Å². The number of carbonyl (C=O) groups is 1. The molecule has 6 nitrogen and oxygen atoms in total. The van der Waals surface area contributed by atoms with Crippen LogP contribution in [0.25, 0.3) is 0 Å². The van der Waals surface area contributed by atoms with Crippen molar-refractivity contribution in [3.8, 4) is 0 Å². The molecule has 0 aliphatic carbocycles. The van der Waals surface area contributed by atoms with Gasteiger partial charge in [0.1, 0.15) is 0 Å². The fourth-order valence-corrected chi connectivity index (χ4v) is 4.64. The Kier molecular flexibility index (Phi) is 9.73. The van der Waals surface area contributed by atoms with Gasteiger partial charge in [-0.05, 0) is 39.7 Å². The third kappa shape index (κ3) is 6.43. The molecule has 0 aliphatic rings. The van der Waals surface area contributed by atoms with Crippen LogP contribution in [0.3, 0.4) is 0 Å². The van der Waals surface area contributed by atoms with E-state index in [2.05, 4.69) is 11.9 Å². The van der Waals surface area contributed by atoms with Crippen molar-refractivity contribution in [3.05, 3.63) is 35.9 Å². The highest BCUT2D eigenvalue weighted by atomic mass is 28.4. The molecule has 1 atom stereocenters. The number of amides is 2. The van der Waals surface area contributed by atoms with Gasteiger partial charge in [-0.25, -0.2) is 4.79 Å². The largest absolute Gasteiger partial charge is 0.634 e. The zero-order chi connectivity index (χ0) is 18.7. The van der Waals surface area contributed by atoms with E-state index in [-0.39, 0.29) is 12.1 Å². The van der Waals surface area contributed by atoms with Crippen molar-refractivity contribution >= 4 is 15.0 Å².